The highest BCUT2D eigenvalue weighted by atomic mass is 35.5. The third-order valence-electron chi connectivity index (χ3n) is 2.98. The lowest BCUT2D eigenvalue weighted by Crippen LogP contribution is -2.18. The first-order chi connectivity index (χ1) is 8.56. The second-order valence-corrected chi connectivity index (χ2v) is 4.84. The van der Waals surface area contributed by atoms with E-state index < -0.39 is 0 Å². The number of nitrogens with zero attached hydrogens (tertiary/aromatic N) is 1. The zero-order valence-electron chi connectivity index (χ0n) is 10.8. The Morgan fingerprint density at radius 3 is 2.78 bits per heavy atom. The standard InChI is InChI=1S/C14H17ClN2O/c1-9-11(3)18-14(17-9)8-16-10(2)12-5-4-6-13(15)7-12/h4-7,10,16H,8H2,1-3H3. The van der Waals surface area contributed by atoms with Gasteiger partial charge in [-0.05, 0) is 38.5 Å². The fourth-order valence-corrected chi connectivity index (χ4v) is 1.95. The summed E-state index contributed by atoms with van der Waals surface area (Å²) in [6, 6.07) is 8.05. The molecule has 1 unspecified atom stereocenters. The minimum Gasteiger partial charge on any atom is -0.444 e. The van der Waals surface area contributed by atoms with E-state index in [1.165, 1.54) is 0 Å². The summed E-state index contributed by atoms with van der Waals surface area (Å²) in [7, 11) is 0. The molecule has 0 radical (unpaired) electrons. The number of halogens is 1. The zero-order chi connectivity index (χ0) is 13.1. The molecule has 3 nitrogen and oxygen atoms in total. The van der Waals surface area contributed by atoms with E-state index in [4.69, 9.17) is 16.0 Å². The maximum atomic E-state index is 5.97. The van der Waals surface area contributed by atoms with Gasteiger partial charge in [0.25, 0.3) is 0 Å². The van der Waals surface area contributed by atoms with Gasteiger partial charge in [0, 0.05) is 11.1 Å². The smallest absolute Gasteiger partial charge is 0.208 e. The molecule has 0 amide bonds. The summed E-state index contributed by atoms with van der Waals surface area (Å²) in [5.41, 5.74) is 2.10. The van der Waals surface area contributed by atoms with Gasteiger partial charge in [0.15, 0.2) is 0 Å². The Kier molecular flexibility index (Phi) is 4.04. The van der Waals surface area contributed by atoms with Crippen molar-refractivity contribution in [3.8, 4) is 0 Å². The second-order valence-electron chi connectivity index (χ2n) is 4.41. The normalized spacial score (nSPS) is 12.7. The Bertz CT molecular complexity index is 517. The van der Waals surface area contributed by atoms with Crippen LogP contribution >= 0.6 is 11.6 Å². The second kappa shape index (κ2) is 5.55. The number of benzene rings is 1. The predicted octanol–water partition coefficient (Wildman–Crippen LogP) is 3.80. The van der Waals surface area contributed by atoms with Crippen LogP contribution in [0.15, 0.2) is 28.7 Å². The number of aromatic nitrogens is 1. The largest absolute Gasteiger partial charge is 0.444 e. The van der Waals surface area contributed by atoms with Crippen LogP contribution in [0.2, 0.25) is 5.02 Å². The van der Waals surface area contributed by atoms with Gasteiger partial charge < -0.3 is 9.73 Å². The first-order valence-corrected chi connectivity index (χ1v) is 6.36. The van der Waals surface area contributed by atoms with Crippen molar-refractivity contribution in [3.63, 3.8) is 0 Å². The molecule has 1 aromatic heterocycles. The van der Waals surface area contributed by atoms with E-state index in [2.05, 4.69) is 23.3 Å². The van der Waals surface area contributed by atoms with E-state index in [1.54, 1.807) is 0 Å². The average Bonchev–Trinajstić information content (AvgIpc) is 2.66. The number of aryl methyl sites for hydroxylation is 2. The van der Waals surface area contributed by atoms with Crippen molar-refractivity contribution in [1.82, 2.24) is 10.3 Å². The molecule has 18 heavy (non-hydrogen) atoms. The molecule has 1 aromatic carbocycles. The van der Waals surface area contributed by atoms with E-state index in [0.717, 1.165) is 27.9 Å². The number of rotatable bonds is 4. The van der Waals surface area contributed by atoms with Gasteiger partial charge in [0.1, 0.15) is 5.76 Å². The van der Waals surface area contributed by atoms with Gasteiger partial charge in [-0.15, -0.1) is 0 Å². The Morgan fingerprint density at radius 1 is 1.39 bits per heavy atom. The number of hydrogen-bond donors (Lipinski definition) is 1. The van der Waals surface area contributed by atoms with Crippen molar-refractivity contribution in [2.45, 2.75) is 33.4 Å². The van der Waals surface area contributed by atoms with E-state index in [1.807, 2.05) is 32.0 Å². The fraction of sp³-hybridized carbons (Fsp3) is 0.357. The molecule has 0 saturated heterocycles. The molecule has 4 heteroatoms. The summed E-state index contributed by atoms with van der Waals surface area (Å²) in [5.74, 6) is 1.60. The van der Waals surface area contributed by atoms with Crippen LogP contribution in [0.5, 0.6) is 0 Å². The van der Waals surface area contributed by atoms with Crippen molar-refractivity contribution < 1.29 is 4.42 Å². The molecule has 0 aliphatic carbocycles. The summed E-state index contributed by atoms with van der Waals surface area (Å²) >= 11 is 5.97. The Hall–Kier alpha value is -1.32. The number of nitrogens with one attached hydrogen (secondary N) is 1. The summed E-state index contributed by atoms with van der Waals surface area (Å²) < 4.78 is 5.52. The molecular weight excluding hydrogens is 248 g/mol. The van der Waals surface area contributed by atoms with Gasteiger partial charge in [-0.2, -0.15) is 0 Å². The van der Waals surface area contributed by atoms with Gasteiger partial charge in [-0.3, -0.25) is 0 Å². The van der Waals surface area contributed by atoms with Gasteiger partial charge in [0.2, 0.25) is 5.89 Å². The molecule has 0 bridgehead atoms. The Morgan fingerprint density at radius 2 is 2.17 bits per heavy atom. The van der Waals surface area contributed by atoms with Crippen LogP contribution in [0.4, 0.5) is 0 Å². The predicted molar refractivity (Wildman–Crippen MR) is 72.7 cm³/mol. The molecule has 96 valence electrons. The molecule has 1 heterocycles. The summed E-state index contributed by atoms with van der Waals surface area (Å²) in [5, 5.41) is 4.12. The maximum Gasteiger partial charge on any atom is 0.208 e. The number of oxazole rings is 1. The van der Waals surface area contributed by atoms with E-state index in [-0.39, 0.29) is 6.04 Å². The average molecular weight is 265 g/mol. The van der Waals surface area contributed by atoms with Crippen molar-refractivity contribution in [2.75, 3.05) is 0 Å². The lowest BCUT2D eigenvalue weighted by Gasteiger charge is -2.13. The fourth-order valence-electron chi connectivity index (χ4n) is 1.75. The molecule has 2 aromatic rings. The highest BCUT2D eigenvalue weighted by Crippen LogP contribution is 2.18. The van der Waals surface area contributed by atoms with Crippen LogP contribution in [0, 0.1) is 13.8 Å². The van der Waals surface area contributed by atoms with Crippen molar-refractivity contribution in [1.29, 1.82) is 0 Å². The first kappa shape index (κ1) is 13.1. The van der Waals surface area contributed by atoms with E-state index in [0.29, 0.717) is 6.54 Å². The molecule has 0 aliphatic heterocycles. The maximum absolute atomic E-state index is 5.97. The molecule has 0 fully saturated rings. The lowest BCUT2D eigenvalue weighted by molar-refractivity contribution is 0.432. The Labute approximate surface area is 112 Å². The summed E-state index contributed by atoms with van der Waals surface area (Å²) in [6.07, 6.45) is 0. The third kappa shape index (κ3) is 3.12. The molecule has 1 N–H and O–H groups in total. The topological polar surface area (TPSA) is 38.1 Å². The molecule has 1 atom stereocenters. The van der Waals surface area contributed by atoms with Gasteiger partial charge in [0.05, 0.1) is 12.2 Å². The highest BCUT2D eigenvalue weighted by Gasteiger charge is 2.09. The van der Waals surface area contributed by atoms with Crippen LogP contribution in [-0.2, 0) is 6.54 Å². The van der Waals surface area contributed by atoms with E-state index in [9.17, 15) is 0 Å². The quantitative estimate of drug-likeness (QED) is 0.913. The van der Waals surface area contributed by atoms with Crippen molar-refractivity contribution in [3.05, 3.63) is 52.2 Å². The zero-order valence-corrected chi connectivity index (χ0v) is 11.6. The van der Waals surface area contributed by atoms with Crippen molar-refractivity contribution in [2.24, 2.45) is 0 Å². The first-order valence-electron chi connectivity index (χ1n) is 5.98. The van der Waals surface area contributed by atoms with Crippen LogP contribution in [0.3, 0.4) is 0 Å². The third-order valence-corrected chi connectivity index (χ3v) is 3.22. The van der Waals surface area contributed by atoms with Crippen molar-refractivity contribution >= 4 is 11.6 Å². The van der Waals surface area contributed by atoms with E-state index >= 15 is 0 Å². The van der Waals surface area contributed by atoms with Gasteiger partial charge >= 0.3 is 0 Å². The van der Waals surface area contributed by atoms with Crippen LogP contribution in [0.25, 0.3) is 0 Å². The van der Waals surface area contributed by atoms with Crippen LogP contribution in [0.1, 0.15) is 35.9 Å². The van der Waals surface area contributed by atoms with Crippen LogP contribution < -0.4 is 5.32 Å². The molecular formula is C14H17ClN2O. The Balaban J connectivity index is 1.98. The summed E-state index contributed by atoms with van der Waals surface area (Å²) in [6.45, 7) is 6.58. The minimum atomic E-state index is 0.205. The minimum absolute atomic E-state index is 0.205. The van der Waals surface area contributed by atoms with Gasteiger partial charge in [-0.1, -0.05) is 23.7 Å². The molecule has 0 saturated carbocycles. The number of hydrogen-bond acceptors (Lipinski definition) is 3. The lowest BCUT2D eigenvalue weighted by atomic mass is 10.1. The molecule has 0 aliphatic rings. The monoisotopic (exact) mass is 264 g/mol. The summed E-state index contributed by atoms with van der Waals surface area (Å²) in [4.78, 5) is 4.34. The molecule has 2 rings (SSSR count). The van der Waals surface area contributed by atoms with Gasteiger partial charge in [-0.25, -0.2) is 4.98 Å². The molecule has 0 spiro atoms. The SMILES string of the molecule is Cc1nc(CNC(C)c2cccc(Cl)c2)oc1C. The van der Waals surface area contributed by atoms with Crippen LogP contribution in [-0.4, -0.2) is 4.98 Å². The highest BCUT2D eigenvalue weighted by molar-refractivity contribution is 6.30.